The Balaban J connectivity index is 1.28. The lowest BCUT2D eigenvalue weighted by Gasteiger charge is -2.37. The zero-order valence-electron chi connectivity index (χ0n) is 24.2. The van der Waals surface area contributed by atoms with Gasteiger partial charge in [0, 0.05) is 51.5 Å². The van der Waals surface area contributed by atoms with E-state index in [-0.39, 0.29) is 16.8 Å². The van der Waals surface area contributed by atoms with Crippen LogP contribution in [-0.2, 0) is 10.0 Å². The molecule has 0 radical (unpaired) electrons. The molecule has 42 heavy (non-hydrogen) atoms. The SMILES string of the molecule is Cc1nc(C)c(C(=O)N2CCN(c3ncccc3S(N)(=O)=O)CC2)c(C)c1NC1CCN(c2ccccc2C#N)CC1. The number of hydrogen-bond acceptors (Lipinski definition) is 9. The van der Waals surface area contributed by atoms with Crippen molar-refractivity contribution in [2.75, 3.05) is 54.4 Å². The number of para-hydroxylation sites is 1. The zero-order chi connectivity index (χ0) is 30.0. The number of anilines is 3. The number of primary sulfonamides is 1. The molecule has 0 aliphatic carbocycles. The van der Waals surface area contributed by atoms with E-state index in [9.17, 15) is 18.5 Å². The number of nitriles is 1. The standard InChI is InChI=1S/C30H36N8O3S/c1-20-27(30(39)38-17-15-37(16-18-38)29-26(42(32,40)41)9-6-12-33-29)21(2)34-22(3)28(20)35-24-10-13-36(14-11-24)25-8-5-4-7-23(25)19-31/h4-9,12,24,35H,10-11,13-18H2,1-3H3,(H2,32,40,41). The lowest BCUT2D eigenvalue weighted by atomic mass is 9.99. The van der Waals surface area contributed by atoms with E-state index in [1.165, 1.54) is 12.3 Å². The third-order valence-electron chi connectivity index (χ3n) is 8.16. The quantitative estimate of drug-likeness (QED) is 0.443. The summed E-state index contributed by atoms with van der Waals surface area (Å²) in [6, 6.07) is 13.2. The van der Waals surface area contributed by atoms with Gasteiger partial charge in [0.25, 0.3) is 5.91 Å². The van der Waals surface area contributed by atoms with Crippen molar-refractivity contribution in [2.45, 2.75) is 44.6 Å². The van der Waals surface area contributed by atoms with Crippen molar-refractivity contribution >= 4 is 33.1 Å². The van der Waals surface area contributed by atoms with Gasteiger partial charge in [0.05, 0.1) is 33.9 Å². The van der Waals surface area contributed by atoms with Crippen molar-refractivity contribution in [1.29, 1.82) is 5.26 Å². The van der Waals surface area contributed by atoms with Gasteiger partial charge in [-0.15, -0.1) is 0 Å². The van der Waals surface area contributed by atoms with Gasteiger partial charge in [-0.2, -0.15) is 5.26 Å². The predicted molar refractivity (Wildman–Crippen MR) is 162 cm³/mol. The lowest BCUT2D eigenvalue weighted by molar-refractivity contribution is 0.0744. The van der Waals surface area contributed by atoms with Crippen molar-refractivity contribution in [2.24, 2.45) is 5.14 Å². The molecule has 1 aromatic carbocycles. The Labute approximate surface area is 247 Å². The van der Waals surface area contributed by atoms with Crippen molar-refractivity contribution in [3.05, 3.63) is 70.7 Å². The first-order valence-electron chi connectivity index (χ1n) is 14.1. The summed E-state index contributed by atoms with van der Waals surface area (Å²) < 4.78 is 24.1. The molecule has 5 rings (SSSR count). The molecule has 220 valence electrons. The molecule has 4 heterocycles. The van der Waals surface area contributed by atoms with Crippen molar-refractivity contribution in [1.82, 2.24) is 14.9 Å². The van der Waals surface area contributed by atoms with Crippen molar-refractivity contribution in [3.8, 4) is 6.07 Å². The summed E-state index contributed by atoms with van der Waals surface area (Å²) in [6.07, 6.45) is 3.33. The van der Waals surface area contributed by atoms with Crippen LogP contribution < -0.4 is 20.3 Å². The number of aromatic nitrogens is 2. The van der Waals surface area contributed by atoms with Crippen LogP contribution in [-0.4, -0.2) is 74.5 Å². The van der Waals surface area contributed by atoms with E-state index in [4.69, 9.17) is 10.1 Å². The number of pyridine rings is 2. The molecule has 0 saturated carbocycles. The van der Waals surface area contributed by atoms with Crippen molar-refractivity contribution < 1.29 is 13.2 Å². The Hall–Kier alpha value is -4.21. The number of carbonyl (C=O) groups is 1. The molecule has 2 aliphatic rings. The Bertz CT molecular complexity index is 1640. The summed E-state index contributed by atoms with van der Waals surface area (Å²) in [6.45, 7) is 9.14. The molecule has 2 fully saturated rings. The Morgan fingerprint density at radius 2 is 1.67 bits per heavy atom. The zero-order valence-corrected chi connectivity index (χ0v) is 25.0. The van der Waals surface area contributed by atoms with Gasteiger partial charge in [0.2, 0.25) is 10.0 Å². The molecule has 11 nitrogen and oxygen atoms in total. The van der Waals surface area contributed by atoms with Gasteiger partial charge in [0.15, 0.2) is 0 Å². The molecule has 0 bridgehead atoms. The van der Waals surface area contributed by atoms with Crippen LogP contribution in [0.25, 0.3) is 0 Å². The molecule has 3 aromatic rings. The van der Waals surface area contributed by atoms with Crippen LogP contribution in [0.3, 0.4) is 0 Å². The highest BCUT2D eigenvalue weighted by atomic mass is 32.2. The average Bonchev–Trinajstić information content (AvgIpc) is 2.99. The second kappa shape index (κ2) is 12.0. The van der Waals surface area contributed by atoms with Crippen molar-refractivity contribution in [3.63, 3.8) is 0 Å². The summed E-state index contributed by atoms with van der Waals surface area (Å²) in [4.78, 5) is 28.7. The first-order chi connectivity index (χ1) is 20.1. The second-order valence-corrected chi connectivity index (χ2v) is 12.4. The fraction of sp³-hybridized carbons (Fsp3) is 0.400. The topological polar surface area (TPSA) is 149 Å². The van der Waals surface area contributed by atoms with E-state index in [1.54, 1.807) is 11.0 Å². The Morgan fingerprint density at radius 3 is 2.33 bits per heavy atom. The number of piperazine rings is 1. The van der Waals surface area contributed by atoms with Gasteiger partial charge < -0.3 is 20.0 Å². The normalized spacial score (nSPS) is 16.3. The Morgan fingerprint density at radius 1 is 0.976 bits per heavy atom. The number of hydrogen-bond donors (Lipinski definition) is 2. The number of amides is 1. The maximum atomic E-state index is 13.8. The van der Waals surface area contributed by atoms with Gasteiger partial charge in [-0.05, 0) is 63.4 Å². The molecule has 1 amide bonds. The summed E-state index contributed by atoms with van der Waals surface area (Å²) in [5, 5.41) is 18.6. The number of rotatable bonds is 6. The third-order valence-corrected chi connectivity index (χ3v) is 9.09. The maximum absolute atomic E-state index is 13.8. The highest BCUT2D eigenvalue weighted by molar-refractivity contribution is 7.89. The number of carbonyl (C=O) groups excluding carboxylic acids is 1. The maximum Gasteiger partial charge on any atom is 0.256 e. The number of benzene rings is 1. The molecular weight excluding hydrogens is 552 g/mol. The lowest BCUT2D eigenvalue weighted by Crippen LogP contribution is -2.49. The number of nitrogens with two attached hydrogens (primary N) is 1. The van der Waals surface area contributed by atoms with Crippen LogP contribution in [0.15, 0.2) is 47.5 Å². The smallest absolute Gasteiger partial charge is 0.256 e. The first kappa shape index (κ1) is 29.3. The fourth-order valence-corrected chi connectivity index (χ4v) is 6.70. The van der Waals surface area contributed by atoms with Crippen LogP contribution >= 0.6 is 0 Å². The molecule has 2 aromatic heterocycles. The van der Waals surface area contributed by atoms with E-state index in [0.29, 0.717) is 48.8 Å². The van der Waals surface area contributed by atoms with Crippen LogP contribution in [0.5, 0.6) is 0 Å². The van der Waals surface area contributed by atoms with E-state index in [0.717, 1.165) is 48.6 Å². The molecule has 2 aliphatic heterocycles. The largest absolute Gasteiger partial charge is 0.380 e. The number of nitrogens with one attached hydrogen (secondary N) is 1. The van der Waals surface area contributed by atoms with Crippen LogP contribution in [0.2, 0.25) is 0 Å². The summed E-state index contributed by atoms with van der Waals surface area (Å²) in [5.41, 5.74) is 5.57. The molecule has 0 unspecified atom stereocenters. The summed E-state index contributed by atoms with van der Waals surface area (Å²) >= 11 is 0. The molecule has 0 atom stereocenters. The number of nitrogens with zero attached hydrogens (tertiary/aromatic N) is 6. The van der Waals surface area contributed by atoms with Gasteiger partial charge in [-0.1, -0.05) is 12.1 Å². The average molecular weight is 589 g/mol. The monoisotopic (exact) mass is 588 g/mol. The number of sulfonamides is 1. The van der Waals surface area contributed by atoms with Gasteiger partial charge in [-0.25, -0.2) is 18.5 Å². The van der Waals surface area contributed by atoms with E-state index >= 15 is 0 Å². The predicted octanol–water partition coefficient (Wildman–Crippen LogP) is 2.96. The minimum absolute atomic E-state index is 0.0185. The number of piperidine rings is 1. The second-order valence-electron chi connectivity index (χ2n) is 10.8. The summed E-state index contributed by atoms with van der Waals surface area (Å²) in [5.74, 6) is 0.223. The molecule has 12 heteroatoms. The van der Waals surface area contributed by atoms with Gasteiger partial charge in [0.1, 0.15) is 16.8 Å². The van der Waals surface area contributed by atoms with Crippen LogP contribution in [0.1, 0.15) is 45.7 Å². The highest BCUT2D eigenvalue weighted by Gasteiger charge is 2.30. The van der Waals surface area contributed by atoms with Crippen LogP contribution in [0, 0.1) is 32.1 Å². The molecule has 0 spiro atoms. The number of aryl methyl sites for hydroxylation is 2. The third kappa shape index (κ3) is 5.89. The fourth-order valence-electron chi connectivity index (χ4n) is 5.99. The van der Waals surface area contributed by atoms with E-state index in [1.807, 2.05) is 49.9 Å². The summed E-state index contributed by atoms with van der Waals surface area (Å²) in [7, 11) is -3.92. The van der Waals surface area contributed by atoms with Gasteiger partial charge >= 0.3 is 0 Å². The highest BCUT2D eigenvalue weighted by Crippen LogP contribution is 2.30. The Kier molecular flexibility index (Phi) is 8.34. The van der Waals surface area contributed by atoms with Gasteiger partial charge in [-0.3, -0.25) is 9.78 Å². The molecule has 3 N–H and O–H groups in total. The molecule has 2 saturated heterocycles. The minimum atomic E-state index is -3.92. The van der Waals surface area contributed by atoms with E-state index < -0.39 is 10.0 Å². The van der Waals surface area contributed by atoms with Crippen LogP contribution in [0.4, 0.5) is 17.2 Å². The molecular formula is C30H36N8O3S. The first-order valence-corrected chi connectivity index (χ1v) is 15.6. The minimum Gasteiger partial charge on any atom is -0.380 e. The van der Waals surface area contributed by atoms with E-state index in [2.05, 4.69) is 21.3 Å².